The Morgan fingerprint density at radius 2 is 2.23 bits per heavy atom. The summed E-state index contributed by atoms with van der Waals surface area (Å²) in [7, 11) is 1.42. The van der Waals surface area contributed by atoms with Gasteiger partial charge in [-0.15, -0.1) is 0 Å². The number of amides is 2. The van der Waals surface area contributed by atoms with Crippen molar-refractivity contribution in [1.29, 1.82) is 0 Å². The summed E-state index contributed by atoms with van der Waals surface area (Å²) in [6, 6.07) is -1.06. The summed E-state index contributed by atoms with van der Waals surface area (Å²) < 4.78 is 23.8. The van der Waals surface area contributed by atoms with E-state index in [2.05, 4.69) is 5.32 Å². The van der Waals surface area contributed by atoms with E-state index in [9.17, 15) is 18.4 Å². The SMILES string of the molecule is CN1CC(=O)NC(CC(F)F)C1=O. The van der Waals surface area contributed by atoms with E-state index in [1.165, 1.54) is 7.05 Å². The van der Waals surface area contributed by atoms with Gasteiger partial charge in [-0.2, -0.15) is 0 Å². The molecule has 1 rings (SSSR count). The second kappa shape index (κ2) is 3.68. The molecule has 1 saturated heterocycles. The van der Waals surface area contributed by atoms with Crippen molar-refractivity contribution in [3.05, 3.63) is 0 Å². The molecule has 74 valence electrons. The number of alkyl halides is 2. The van der Waals surface area contributed by atoms with Crippen LogP contribution in [0.1, 0.15) is 6.42 Å². The van der Waals surface area contributed by atoms with Crippen molar-refractivity contribution in [2.45, 2.75) is 18.9 Å². The van der Waals surface area contributed by atoms with E-state index in [1.807, 2.05) is 0 Å². The fourth-order valence-electron chi connectivity index (χ4n) is 1.20. The zero-order valence-electron chi connectivity index (χ0n) is 7.09. The zero-order chi connectivity index (χ0) is 10.0. The van der Waals surface area contributed by atoms with Gasteiger partial charge in [0.2, 0.25) is 18.2 Å². The number of nitrogens with zero attached hydrogens (tertiary/aromatic N) is 1. The maximum atomic E-state index is 11.9. The van der Waals surface area contributed by atoms with E-state index < -0.39 is 30.7 Å². The van der Waals surface area contributed by atoms with Gasteiger partial charge in [0.1, 0.15) is 6.04 Å². The number of nitrogens with one attached hydrogen (secondary N) is 1. The number of piperazine rings is 1. The van der Waals surface area contributed by atoms with Gasteiger partial charge in [0.25, 0.3) is 0 Å². The fourth-order valence-corrected chi connectivity index (χ4v) is 1.20. The van der Waals surface area contributed by atoms with Crippen molar-refractivity contribution >= 4 is 11.8 Å². The van der Waals surface area contributed by atoms with Crippen LogP contribution in [0, 0.1) is 0 Å². The number of hydrogen-bond donors (Lipinski definition) is 1. The van der Waals surface area contributed by atoms with Gasteiger partial charge in [0, 0.05) is 13.5 Å². The summed E-state index contributed by atoms with van der Waals surface area (Å²) in [4.78, 5) is 23.2. The molecule has 0 spiro atoms. The summed E-state index contributed by atoms with van der Waals surface area (Å²) in [5.74, 6) is -0.854. The number of carbonyl (C=O) groups excluding carboxylic acids is 2. The van der Waals surface area contributed by atoms with Gasteiger partial charge < -0.3 is 10.2 Å². The predicted octanol–water partition coefficient (Wildman–Crippen LogP) is -0.402. The van der Waals surface area contributed by atoms with Crippen molar-refractivity contribution in [3.8, 4) is 0 Å². The molecule has 4 nitrogen and oxygen atoms in total. The molecule has 0 aromatic carbocycles. The van der Waals surface area contributed by atoms with E-state index in [0.717, 1.165) is 4.90 Å². The summed E-state index contributed by atoms with van der Waals surface area (Å²) >= 11 is 0. The summed E-state index contributed by atoms with van der Waals surface area (Å²) in [6.45, 7) is -0.0570. The highest BCUT2D eigenvalue weighted by Gasteiger charge is 2.32. The Balaban J connectivity index is 2.61. The standard InChI is InChI=1S/C7H10F2N2O2/c1-11-3-6(12)10-4(7(11)13)2-5(8)9/h4-5H,2-3H2,1H3,(H,10,12). The number of hydrogen-bond acceptors (Lipinski definition) is 2. The van der Waals surface area contributed by atoms with E-state index in [4.69, 9.17) is 0 Å². The van der Waals surface area contributed by atoms with Crippen LogP contribution in [0.5, 0.6) is 0 Å². The molecule has 1 N–H and O–H groups in total. The topological polar surface area (TPSA) is 49.4 Å². The molecule has 0 radical (unpaired) electrons. The lowest BCUT2D eigenvalue weighted by Crippen LogP contribution is -2.57. The first-order valence-electron chi connectivity index (χ1n) is 3.83. The van der Waals surface area contributed by atoms with Crippen LogP contribution in [-0.2, 0) is 9.59 Å². The van der Waals surface area contributed by atoms with Crippen LogP contribution in [0.15, 0.2) is 0 Å². The third-order valence-electron chi connectivity index (χ3n) is 1.80. The lowest BCUT2D eigenvalue weighted by atomic mass is 10.1. The third kappa shape index (κ3) is 2.37. The molecule has 13 heavy (non-hydrogen) atoms. The summed E-state index contributed by atoms with van der Waals surface area (Å²) in [6.07, 6.45) is -3.20. The number of likely N-dealkylation sites (N-methyl/N-ethyl adjacent to an activating group) is 1. The van der Waals surface area contributed by atoms with Crippen LogP contribution in [0.2, 0.25) is 0 Å². The number of carbonyl (C=O) groups is 2. The highest BCUT2D eigenvalue weighted by Crippen LogP contribution is 2.09. The van der Waals surface area contributed by atoms with E-state index in [-0.39, 0.29) is 6.54 Å². The first-order chi connectivity index (χ1) is 6.00. The van der Waals surface area contributed by atoms with Crippen molar-refractivity contribution in [1.82, 2.24) is 10.2 Å². The van der Waals surface area contributed by atoms with E-state index in [1.54, 1.807) is 0 Å². The van der Waals surface area contributed by atoms with Gasteiger partial charge in [-0.05, 0) is 0 Å². The smallest absolute Gasteiger partial charge is 0.245 e. The van der Waals surface area contributed by atoms with Gasteiger partial charge in [0.05, 0.1) is 6.54 Å². The highest BCUT2D eigenvalue weighted by atomic mass is 19.3. The molecule has 0 aromatic heterocycles. The van der Waals surface area contributed by atoms with E-state index >= 15 is 0 Å². The molecule has 0 bridgehead atoms. The van der Waals surface area contributed by atoms with Gasteiger partial charge in [-0.25, -0.2) is 8.78 Å². The average molecular weight is 192 g/mol. The second-order valence-electron chi connectivity index (χ2n) is 2.94. The lowest BCUT2D eigenvalue weighted by Gasteiger charge is -2.29. The molecule has 6 heteroatoms. The van der Waals surface area contributed by atoms with Crippen molar-refractivity contribution in [2.75, 3.05) is 13.6 Å². The fraction of sp³-hybridized carbons (Fsp3) is 0.714. The van der Waals surface area contributed by atoms with Gasteiger partial charge in [-0.3, -0.25) is 9.59 Å². The molecule has 0 aliphatic carbocycles. The number of rotatable bonds is 2. The quantitative estimate of drug-likeness (QED) is 0.647. The van der Waals surface area contributed by atoms with Crippen molar-refractivity contribution < 1.29 is 18.4 Å². The second-order valence-corrected chi connectivity index (χ2v) is 2.94. The Morgan fingerprint density at radius 1 is 1.62 bits per heavy atom. The highest BCUT2D eigenvalue weighted by molar-refractivity contribution is 5.94. The maximum Gasteiger partial charge on any atom is 0.245 e. The molecule has 0 aromatic rings. The molecule has 1 heterocycles. The van der Waals surface area contributed by atoms with Gasteiger partial charge in [-0.1, -0.05) is 0 Å². The lowest BCUT2D eigenvalue weighted by molar-refractivity contribution is -0.143. The monoisotopic (exact) mass is 192 g/mol. The van der Waals surface area contributed by atoms with Crippen LogP contribution in [0.25, 0.3) is 0 Å². The van der Waals surface area contributed by atoms with Crippen LogP contribution >= 0.6 is 0 Å². The van der Waals surface area contributed by atoms with Gasteiger partial charge >= 0.3 is 0 Å². The van der Waals surface area contributed by atoms with Crippen LogP contribution in [0.3, 0.4) is 0 Å². The van der Waals surface area contributed by atoms with Crippen LogP contribution in [0.4, 0.5) is 8.78 Å². The van der Waals surface area contributed by atoms with Crippen LogP contribution in [-0.4, -0.2) is 42.8 Å². The Bertz CT molecular complexity index is 233. The van der Waals surface area contributed by atoms with Crippen molar-refractivity contribution in [2.24, 2.45) is 0 Å². The predicted molar refractivity (Wildman–Crippen MR) is 40.2 cm³/mol. The maximum absolute atomic E-state index is 11.9. The molecule has 2 amide bonds. The molecule has 1 aliphatic rings. The largest absolute Gasteiger partial charge is 0.343 e. The minimum Gasteiger partial charge on any atom is -0.343 e. The average Bonchev–Trinajstić information content (AvgIpc) is 1.98. The first-order valence-corrected chi connectivity index (χ1v) is 3.83. The number of halogens is 2. The molecule has 1 atom stereocenters. The third-order valence-corrected chi connectivity index (χ3v) is 1.80. The molecule has 1 aliphatic heterocycles. The van der Waals surface area contributed by atoms with Gasteiger partial charge in [0.15, 0.2) is 0 Å². The molecule has 1 fully saturated rings. The molecule has 1 unspecified atom stereocenters. The summed E-state index contributed by atoms with van der Waals surface area (Å²) in [5.41, 5.74) is 0. The van der Waals surface area contributed by atoms with Crippen molar-refractivity contribution in [3.63, 3.8) is 0 Å². The van der Waals surface area contributed by atoms with Crippen LogP contribution < -0.4 is 5.32 Å². The minimum absolute atomic E-state index is 0.0570. The summed E-state index contributed by atoms with van der Waals surface area (Å²) in [5, 5.41) is 2.22. The Hall–Kier alpha value is -1.20. The molecular formula is C7H10F2N2O2. The Labute approximate surface area is 73.9 Å². The van der Waals surface area contributed by atoms with E-state index in [0.29, 0.717) is 0 Å². The molecule has 0 saturated carbocycles. The Kier molecular flexibility index (Phi) is 2.79. The minimum atomic E-state index is -2.58. The zero-order valence-corrected chi connectivity index (χ0v) is 7.09. The first kappa shape index (κ1) is 9.88. The molecular weight excluding hydrogens is 182 g/mol. The normalized spacial score (nSPS) is 23.7. The Morgan fingerprint density at radius 3 is 2.77 bits per heavy atom.